The van der Waals surface area contributed by atoms with Crippen LogP contribution in [0, 0.1) is 5.82 Å². The molecule has 0 aliphatic rings. The number of hydrogen-bond acceptors (Lipinski definition) is 2. The molecule has 0 aliphatic heterocycles. The number of benzene rings is 2. The van der Waals surface area contributed by atoms with Gasteiger partial charge in [0.05, 0.1) is 0 Å². The maximum absolute atomic E-state index is 13.2. The number of halogens is 1. The highest BCUT2D eigenvalue weighted by atomic mass is 19.1. The summed E-state index contributed by atoms with van der Waals surface area (Å²) in [4.78, 5) is 2.18. The van der Waals surface area contributed by atoms with Crippen molar-refractivity contribution >= 4 is 0 Å². The van der Waals surface area contributed by atoms with Crippen molar-refractivity contribution in [2.24, 2.45) is 5.73 Å². The fraction of sp³-hybridized carbons (Fsp3) is 0.294. The van der Waals surface area contributed by atoms with Gasteiger partial charge in [-0.15, -0.1) is 0 Å². The molecule has 0 spiro atoms. The molecule has 1 atom stereocenters. The summed E-state index contributed by atoms with van der Waals surface area (Å²) in [6.07, 6.45) is 0.993. The normalized spacial score (nSPS) is 12.6. The Hall–Kier alpha value is -1.71. The van der Waals surface area contributed by atoms with Gasteiger partial charge in [0.25, 0.3) is 0 Å². The number of rotatable bonds is 6. The van der Waals surface area contributed by atoms with Crippen molar-refractivity contribution in [2.45, 2.75) is 12.5 Å². The second-order valence-corrected chi connectivity index (χ2v) is 5.16. The summed E-state index contributed by atoms with van der Waals surface area (Å²) in [5.41, 5.74) is 8.29. The maximum atomic E-state index is 13.2. The van der Waals surface area contributed by atoms with E-state index in [-0.39, 0.29) is 11.9 Å². The van der Waals surface area contributed by atoms with E-state index in [0.717, 1.165) is 25.1 Å². The quantitative estimate of drug-likeness (QED) is 0.876. The highest BCUT2D eigenvalue weighted by Gasteiger charge is 2.10. The molecule has 2 aromatic carbocycles. The topological polar surface area (TPSA) is 29.3 Å². The second-order valence-electron chi connectivity index (χ2n) is 5.16. The average Bonchev–Trinajstić information content (AvgIpc) is 2.46. The van der Waals surface area contributed by atoms with Crippen LogP contribution in [-0.4, -0.2) is 25.0 Å². The van der Waals surface area contributed by atoms with Gasteiger partial charge in [-0.3, -0.25) is 0 Å². The van der Waals surface area contributed by atoms with E-state index in [1.165, 1.54) is 17.7 Å². The third-order valence-electron chi connectivity index (χ3n) is 3.41. The van der Waals surface area contributed by atoms with E-state index in [2.05, 4.69) is 17.0 Å². The zero-order chi connectivity index (χ0) is 14.4. The van der Waals surface area contributed by atoms with Crippen molar-refractivity contribution < 1.29 is 4.39 Å². The highest BCUT2D eigenvalue weighted by molar-refractivity contribution is 5.20. The molecule has 0 heterocycles. The molecule has 1 unspecified atom stereocenters. The van der Waals surface area contributed by atoms with Crippen molar-refractivity contribution in [3.63, 3.8) is 0 Å². The van der Waals surface area contributed by atoms with Gasteiger partial charge in [-0.2, -0.15) is 0 Å². The van der Waals surface area contributed by atoms with Crippen molar-refractivity contribution in [2.75, 3.05) is 20.1 Å². The number of nitrogens with zero attached hydrogens (tertiary/aromatic N) is 1. The number of hydrogen-bond donors (Lipinski definition) is 1. The van der Waals surface area contributed by atoms with Crippen LogP contribution in [0.4, 0.5) is 4.39 Å². The summed E-state index contributed by atoms with van der Waals surface area (Å²) in [5.74, 6) is -0.232. The minimum atomic E-state index is -0.232. The van der Waals surface area contributed by atoms with Gasteiger partial charge in [-0.25, -0.2) is 4.39 Å². The molecule has 0 saturated heterocycles. The van der Waals surface area contributed by atoms with Crippen LogP contribution < -0.4 is 5.73 Å². The first-order valence-corrected chi connectivity index (χ1v) is 6.88. The molecule has 0 fully saturated rings. The molecule has 0 amide bonds. The third kappa shape index (κ3) is 4.44. The van der Waals surface area contributed by atoms with Gasteiger partial charge in [0.2, 0.25) is 0 Å². The Morgan fingerprint density at radius 1 is 1.10 bits per heavy atom. The molecule has 3 heteroatoms. The van der Waals surface area contributed by atoms with Gasteiger partial charge < -0.3 is 10.6 Å². The summed E-state index contributed by atoms with van der Waals surface area (Å²) >= 11 is 0. The van der Waals surface area contributed by atoms with Crippen LogP contribution in [0.5, 0.6) is 0 Å². The fourth-order valence-electron chi connectivity index (χ4n) is 2.23. The molecule has 106 valence electrons. The first-order valence-electron chi connectivity index (χ1n) is 6.88. The molecular formula is C17H21FN2. The summed E-state index contributed by atoms with van der Waals surface area (Å²) in [6.45, 7) is 1.66. The SMILES string of the molecule is CN(CCc1ccccc1)CC(N)c1cccc(F)c1. The predicted octanol–water partition coefficient (Wildman–Crippen LogP) is 3.00. The zero-order valence-electron chi connectivity index (χ0n) is 11.8. The van der Waals surface area contributed by atoms with Crippen molar-refractivity contribution in [3.8, 4) is 0 Å². The first-order chi connectivity index (χ1) is 9.65. The molecular weight excluding hydrogens is 251 g/mol. The van der Waals surface area contributed by atoms with E-state index in [4.69, 9.17) is 5.73 Å². The van der Waals surface area contributed by atoms with Crippen LogP contribution in [0.2, 0.25) is 0 Å². The predicted molar refractivity (Wildman–Crippen MR) is 81.0 cm³/mol. The Morgan fingerprint density at radius 3 is 2.55 bits per heavy atom. The second kappa shape index (κ2) is 7.17. The van der Waals surface area contributed by atoms with Gasteiger partial charge in [-0.1, -0.05) is 42.5 Å². The van der Waals surface area contributed by atoms with Gasteiger partial charge in [0, 0.05) is 19.1 Å². The van der Waals surface area contributed by atoms with Gasteiger partial charge in [-0.05, 0) is 36.7 Å². The summed E-state index contributed by atoms with van der Waals surface area (Å²) in [7, 11) is 2.04. The van der Waals surface area contributed by atoms with E-state index < -0.39 is 0 Å². The van der Waals surface area contributed by atoms with Gasteiger partial charge in [0.1, 0.15) is 5.82 Å². The van der Waals surface area contributed by atoms with Crippen molar-refractivity contribution in [1.29, 1.82) is 0 Å². The lowest BCUT2D eigenvalue weighted by molar-refractivity contribution is 0.316. The Morgan fingerprint density at radius 2 is 1.85 bits per heavy atom. The monoisotopic (exact) mass is 272 g/mol. The van der Waals surface area contributed by atoms with Crippen LogP contribution in [0.25, 0.3) is 0 Å². The van der Waals surface area contributed by atoms with Crippen molar-refractivity contribution in [1.82, 2.24) is 4.90 Å². The maximum Gasteiger partial charge on any atom is 0.123 e. The van der Waals surface area contributed by atoms with E-state index in [1.807, 2.05) is 31.3 Å². The van der Waals surface area contributed by atoms with Crippen LogP contribution >= 0.6 is 0 Å². The lowest BCUT2D eigenvalue weighted by atomic mass is 10.1. The molecule has 2 aromatic rings. The van der Waals surface area contributed by atoms with Crippen LogP contribution in [0.1, 0.15) is 17.2 Å². The molecule has 0 saturated carbocycles. The molecule has 2 nitrogen and oxygen atoms in total. The average molecular weight is 272 g/mol. The summed E-state index contributed by atoms with van der Waals surface area (Å²) in [6, 6.07) is 16.7. The summed E-state index contributed by atoms with van der Waals surface area (Å²) < 4.78 is 13.2. The number of likely N-dealkylation sites (N-methyl/N-ethyl adjacent to an activating group) is 1. The molecule has 20 heavy (non-hydrogen) atoms. The molecule has 0 bridgehead atoms. The lowest BCUT2D eigenvalue weighted by Gasteiger charge is -2.21. The number of nitrogens with two attached hydrogens (primary N) is 1. The lowest BCUT2D eigenvalue weighted by Crippen LogP contribution is -2.30. The molecule has 0 aromatic heterocycles. The highest BCUT2D eigenvalue weighted by Crippen LogP contribution is 2.13. The first kappa shape index (κ1) is 14.7. The van der Waals surface area contributed by atoms with Gasteiger partial charge >= 0.3 is 0 Å². The van der Waals surface area contributed by atoms with E-state index in [0.29, 0.717) is 0 Å². The fourth-order valence-corrected chi connectivity index (χ4v) is 2.23. The minimum absolute atomic E-state index is 0.161. The minimum Gasteiger partial charge on any atom is -0.323 e. The Bertz CT molecular complexity index is 528. The third-order valence-corrected chi connectivity index (χ3v) is 3.41. The standard InChI is InChI=1S/C17H21FN2/c1-20(11-10-14-6-3-2-4-7-14)13-17(19)15-8-5-9-16(18)12-15/h2-9,12,17H,10-11,13,19H2,1H3. The zero-order valence-corrected chi connectivity index (χ0v) is 11.8. The van der Waals surface area contributed by atoms with Crippen molar-refractivity contribution in [3.05, 3.63) is 71.5 Å². The molecule has 2 N–H and O–H groups in total. The van der Waals surface area contributed by atoms with Crippen LogP contribution in [0.3, 0.4) is 0 Å². The van der Waals surface area contributed by atoms with E-state index in [1.54, 1.807) is 6.07 Å². The smallest absolute Gasteiger partial charge is 0.123 e. The summed E-state index contributed by atoms with van der Waals surface area (Å²) in [5, 5.41) is 0. The Balaban J connectivity index is 1.83. The van der Waals surface area contributed by atoms with E-state index in [9.17, 15) is 4.39 Å². The molecule has 0 radical (unpaired) electrons. The van der Waals surface area contributed by atoms with Crippen LogP contribution in [-0.2, 0) is 6.42 Å². The Labute approximate surface area is 120 Å². The van der Waals surface area contributed by atoms with E-state index >= 15 is 0 Å². The molecule has 0 aliphatic carbocycles. The molecule has 2 rings (SSSR count). The largest absolute Gasteiger partial charge is 0.323 e. The Kier molecular flexibility index (Phi) is 5.27. The van der Waals surface area contributed by atoms with Crippen LogP contribution in [0.15, 0.2) is 54.6 Å². The van der Waals surface area contributed by atoms with Gasteiger partial charge in [0.15, 0.2) is 0 Å².